The van der Waals surface area contributed by atoms with Crippen LogP contribution in [0.4, 0.5) is 0 Å². The van der Waals surface area contributed by atoms with E-state index in [0.717, 1.165) is 14.2 Å². The number of carbonyl (C=O) groups is 3. The molecule has 0 heterocycles. The minimum Gasteiger partial charge on any atom is -0.479 e. The van der Waals surface area contributed by atoms with Gasteiger partial charge < -0.3 is 10.2 Å². The lowest BCUT2D eigenvalue weighted by Crippen LogP contribution is -2.43. The van der Waals surface area contributed by atoms with Crippen molar-refractivity contribution < 1.29 is 44.1 Å². The smallest absolute Gasteiger partial charge is 0.345 e. The Balaban J connectivity index is 4.62. The molecular formula is C8H12O9. The molecule has 0 radical (unpaired) electrons. The first-order valence-electron chi connectivity index (χ1n) is 4.28. The monoisotopic (exact) mass is 252 g/mol. The van der Waals surface area contributed by atoms with Gasteiger partial charge in [0.25, 0.3) is 0 Å². The average Bonchev–Trinajstić information content (AvgIpc) is 2.17. The number of aliphatic carboxylic acids is 1. The summed E-state index contributed by atoms with van der Waals surface area (Å²) in [4.78, 5) is 48.6. The summed E-state index contributed by atoms with van der Waals surface area (Å²) in [7, 11) is 2.05. The Kier molecular flexibility index (Phi) is 6.10. The molecule has 0 unspecified atom stereocenters. The lowest BCUT2D eigenvalue weighted by molar-refractivity contribution is -0.263. The fraction of sp³-hybridized carbons (Fsp3) is 0.625. The Morgan fingerprint density at radius 1 is 1.00 bits per heavy atom. The quantitative estimate of drug-likeness (QED) is 0.423. The van der Waals surface area contributed by atoms with Crippen LogP contribution in [0.15, 0.2) is 0 Å². The minimum atomic E-state index is -2.65. The number of carboxylic acids is 1. The average molecular weight is 252 g/mol. The molecule has 0 saturated heterocycles. The van der Waals surface area contributed by atoms with E-state index < -0.39 is 36.4 Å². The highest BCUT2D eigenvalue weighted by molar-refractivity contribution is 5.88. The second kappa shape index (κ2) is 6.78. The van der Waals surface area contributed by atoms with Crippen LogP contribution >= 0.6 is 0 Å². The molecule has 2 N–H and O–H groups in total. The van der Waals surface area contributed by atoms with Crippen molar-refractivity contribution in [2.24, 2.45) is 0 Å². The molecule has 0 atom stereocenters. The number of rotatable bonds is 7. The summed E-state index contributed by atoms with van der Waals surface area (Å²) in [6.07, 6.45) is -1.95. The van der Waals surface area contributed by atoms with Crippen molar-refractivity contribution in [3.8, 4) is 0 Å². The van der Waals surface area contributed by atoms with Gasteiger partial charge in [0.05, 0.1) is 27.1 Å². The van der Waals surface area contributed by atoms with Crippen LogP contribution in [-0.4, -0.2) is 47.9 Å². The van der Waals surface area contributed by atoms with Crippen molar-refractivity contribution in [3.63, 3.8) is 0 Å². The Morgan fingerprint density at radius 3 is 1.59 bits per heavy atom. The van der Waals surface area contributed by atoms with Crippen LogP contribution in [0, 0.1) is 0 Å². The molecule has 0 aliphatic rings. The van der Waals surface area contributed by atoms with Crippen molar-refractivity contribution in [1.82, 2.24) is 0 Å². The fourth-order valence-electron chi connectivity index (χ4n) is 0.936. The first kappa shape index (κ1) is 15.3. The zero-order chi connectivity index (χ0) is 13.5. The predicted molar refractivity (Wildman–Crippen MR) is 48.0 cm³/mol. The number of carboxylic acid groups (broad SMARTS) is 1. The van der Waals surface area contributed by atoms with E-state index >= 15 is 0 Å². The van der Waals surface area contributed by atoms with E-state index in [1.54, 1.807) is 0 Å². The molecular weight excluding hydrogens is 240 g/mol. The van der Waals surface area contributed by atoms with Crippen molar-refractivity contribution in [1.29, 1.82) is 0 Å². The first-order valence-corrected chi connectivity index (χ1v) is 4.28. The number of aliphatic hydroxyl groups is 1. The van der Waals surface area contributed by atoms with Crippen molar-refractivity contribution >= 4 is 17.9 Å². The van der Waals surface area contributed by atoms with E-state index in [2.05, 4.69) is 19.6 Å². The van der Waals surface area contributed by atoms with Gasteiger partial charge >= 0.3 is 17.9 Å². The molecule has 9 heteroatoms. The van der Waals surface area contributed by atoms with Crippen molar-refractivity contribution in [2.75, 3.05) is 14.2 Å². The third-order valence-electron chi connectivity index (χ3n) is 1.62. The van der Waals surface area contributed by atoms with E-state index in [1.807, 2.05) is 0 Å². The van der Waals surface area contributed by atoms with Crippen LogP contribution in [-0.2, 0) is 33.9 Å². The molecule has 0 rings (SSSR count). The molecule has 0 aromatic carbocycles. The van der Waals surface area contributed by atoms with Crippen LogP contribution in [0.3, 0.4) is 0 Å². The van der Waals surface area contributed by atoms with Gasteiger partial charge in [0.15, 0.2) is 5.60 Å². The third kappa shape index (κ3) is 5.24. The Morgan fingerprint density at radius 2 is 1.35 bits per heavy atom. The molecule has 0 aliphatic heterocycles. The first-order chi connectivity index (χ1) is 7.85. The zero-order valence-corrected chi connectivity index (χ0v) is 9.17. The number of hydrogen-bond donors (Lipinski definition) is 2. The zero-order valence-electron chi connectivity index (χ0n) is 9.17. The molecule has 0 aliphatic carbocycles. The minimum absolute atomic E-state index is 0.977. The Labute approximate surface area is 95.7 Å². The molecule has 0 saturated carbocycles. The predicted octanol–water partition coefficient (Wildman–Crippen LogP) is -1.21. The van der Waals surface area contributed by atoms with Crippen LogP contribution in [0.1, 0.15) is 12.8 Å². The topological polar surface area (TPSA) is 129 Å². The third-order valence-corrected chi connectivity index (χ3v) is 1.62. The second-order valence-electron chi connectivity index (χ2n) is 2.93. The van der Waals surface area contributed by atoms with E-state index in [9.17, 15) is 19.5 Å². The number of carbonyl (C=O) groups excluding carboxylic acids is 2. The maximum atomic E-state index is 10.9. The summed E-state index contributed by atoms with van der Waals surface area (Å²) in [5, 5.41) is 18.3. The highest BCUT2D eigenvalue weighted by atomic mass is 17.2. The van der Waals surface area contributed by atoms with E-state index in [4.69, 9.17) is 5.11 Å². The van der Waals surface area contributed by atoms with Gasteiger partial charge in [-0.15, -0.1) is 0 Å². The molecule has 0 bridgehead atoms. The van der Waals surface area contributed by atoms with Crippen LogP contribution < -0.4 is 0 Å². The molecule has 0 amide bonds. The van der Waals surface area contributed by atoms with Gasteiger partial charge in [-0.25, -0.2) is 14.4 Å². The van der Waals surface area contributed by atoms with Gasteiger partial charge in [0, 0.05) is 0 Å². The summed E-state index contributed by atoms with van der Waals surface area (Å²) in [6, 6.07) is 0. The van der Waals surface area contributed by atoms with Crippen LogP contribution in [0.25, 0.3) is 0 Å². The molecule has 98 valence electrons. The highest BCUT2D eigenvalue weighted by Gasteiger charge is 2.42. The number of hydrogen-bond acceptors (Lipinski definition) is 8. The van der Waals surface area contributed by atoms with Crippen LogP contribution in [0.5, 0.6) is 0 Å². The van der Waals surface area contributed by atoms with Gasteiger partial charge in [-0.1, -0.05) is 0 Å². The normalized spacial score (nSPS) is 10.8. The van der Waals surface area contributed by atoms with Crippen molar-refractivity contribution in [3.05, 3.63) is 0 Å². The summed E-state index contributed by atoms with van der Waals surface area (Å²) < 4.78 is 0. The van der Waals surface area contributed by atoms with E-state index in [1.165, 1.54) is 0 Å². The van der Waals surface area contributed by atoms with Gasteiger partial charge in [-0.2, -0.15) is 9.78 Å². The Bertz CT molecular complexity index is 277. The molecule has 9 nitrogen and oxygen atoms in total. The highest BCUT2D eigenvalue weighted by Crippen LogP contribution is 2.17. The van der Waals surface area contributed by atoms with Crippen LogP contribution in [0.2, 0.25) is 0 Å². The lowest BCUT2D eigenvalue weighted by Gasteiger charge is -2.19. The molecule has 17 heavy (non-hydrogen) atoms. The maximum absolute atomic E-state index is 10.9. The standard InChI is InChI=1S/C8H12O9/c1-14-16-5(9)3-8(13,7(11)12)4-6(10)17-15-2/h13H,3-4H2,1-2H3,(H,11,12). The molecule has 0 fully saturated rings. The summed E-state index contributed by atoms with van der Waals surface area (Å²) in [6.45, 7) is 0. The van der Waals surface area contributed by atoms with E-state index in [-0.39, 0.29) is 0 Å². The van der Waals surface area contributed by atoms with Gasteiger partial charge in [-0.05, 0) is 0 Å². The maximum Gasteiger partial charge on any atom is 0.345 e. The molecule has 0 aromatic rings. The van der Waals surface area contributed by atoms with Gasteiger partial charge in [-0.3, -0.25) is 9.78 Å². The summed E-state index contributed by atoms with van der Waals surface area (Å²) >= 11 is 0. The summed E-state index contributed by atoms with van der Waals surface area (Å²) in [5.41, 5.74) is -2.65. The lowest BCUT2D eigenvalue weighted by atomic mass is 9.96. The van der Waals surface area contributed by atoms with Gasteiger partial charge in [0.2, 0.25) is 0 Å². The van der Waals surface area contributed by atoms with E-state index in [0.29, 0.717) is 0 Å². The van der Waals surface area contributed by atoms with Crippen molar-refractivity contribution in [2.45, 2.75) is 18.4 Å². The van der Waals surface area contributed by atoms with Gasteiger partial charge in [0.1, 0.15) is 0 Å². The SMILES string of the molecule is COOC(=O)CC(O)(CC(=O)OOC)C(=O)O. The second-order valence-corrected chi connectivity index (χ2v) is 2.93. The molecule has 0 aromatic heterocycles. The summed E-state index contributed by atoms with van der Waals surface area (Å²) in [5.74, 6) is -4.08. The Hall–Kier alpha value is -1.71. The largest absolute Gasteiger partial charge is 0.479 e. The molecule has 0 spiro atoms. The fourth-order valence-corrected chi connectivity index (χ4v) is 0.936.